The van der Waals surface area contributed by atoms with Gasteiger partial charge in [-0.25, -0.2) is 0 Å². The first-order valence-electron chi connectivity index (χ1n) is 6.92. The summed E-state index contributed by atoms with van der Waals surface area (Å²) in [6.07, 6.45) is 4.56. The third-order valence-electron chi connectivity index (χ3n) is 4.00. The van der Waals surface area contributed by atoms with Crippen LogP contribution in [0.15, 0.2) is 18.2 Å². The lowest BCUT2D eigenvalue weighted by atomic mass is 9.98. The Bertz CT molecular complexity index is 515. The molecule has 1 heterocycles. The van der Waals surface area contributed by atoms with Gasteiger partial charge in [-0.15, -0.1) is 0 Å². The van der Waals surface area contributed by atoms with Crippen LogP contribution in [-0.2, 0) is 22.4 Å². The lowest BCUT2D eigenvalue weighted by molar-refractivity contribution is -0.126. The molecule has 0 saturated carbocycles. The molecule has 0 bridgehead atoms. The fraction of sp³-hybridized carbons (Fsp3) is 0.467. The molecule has 0 aromatic heterocycles. The van der Waals surface area contributed by atoms with E-state index in [0.717, 1.165) is 18.5 Å². The number of anilines is 1. The van der Waals surface area contributed by atoms with Crippen molar-refractivity contribution in [1.29, 1.82) is 0 Å². The van der Waals surface area contributed by atoms with Crippen LogP contribution in [0.1, 0.15) is 30.4 Å². The average molecular weight is 258 g/mol. The molecule has 1 unspecified atom stereocenters. The van der Waals surface area contributed by atoms with E-state index in [1.165, 1.54) is 17.5 Å². The van der Waals surface area contributed by atoms with Crippen molar-refractivity contribution >= 4 is 17.5 Å². The lowest BCUT2D eigenvalue weighted by Crippen LogP contribution is -2.40. The van der Waals surface area contributed by atoms with Crippen LogP contribution in [0.25, 0.3) is 0 Å². The van der Waals surface area contributed by atoms with Crippen molar-refractivity contribution in [2.75, 3.05) is 11.9 Å². The number of rotatable bonds is 2. The number of amides is 2. The van der Waals surface area contributed by atoms with E-state index in [9.17, 15) is 9.59 Å². The molecule has 0 radical (unpaired) electrons. The zero-order valence-corrected chi connectivity index (χ0v) is 10.9. The normalized spacial score (nSPS) is 21.7. The van der Waals surface area contributed by atoms with Gasteiger partial charge in [0.05, 0.1) is 5.92 Å². The Balaban J connectivity index is 1.64. The zero-order valence-electron chi connectivity index (χ0n) is 10.9. The van der Waals surface area contributed by atoms with Gasteiger partial charge in [0.25, 0.3) is 0 Å². The molecule has 2 N–H and O–H groups in total. The minimum absolute atomic E-state index is 0.0120. The Hall–Kier alpha value is -1.84. The molecular weight excluding hydrogens is 240 g/mol. The van der Waals surface area contributed by atoms with E-state index >= 15 is 0 Å². The maximum Gasteiger partial charge on any atom is 0.229 e. The second-order valence-electron chi connectivity index (χ2n) is 5.37. The minimum Gasteiger partial charge on any atom is -0.355 e. The lowest BCUT2D eigenvalue weighted by Gasteiger charge is -2.21. The molecule has 1 aliphatic heterocycles. The van der Waals surface area contributed by atoms with Crippen LogP contribution >= 0.6 is 0 Å². The number of benzene rings is 1. The van der Waals surface area contributed by atoms with Gasteiger partial charge in [0.15, 0.2) is 0 Å². The standard InChI is InChI=1S/C15H18N2O2/c18-14-7-5-12(9-16-14)15(19)17-13-6-4-10-2-1-3-11(10)8-13/h4,6,8,12H,1-3,5,7,9H2,(H,16,18)(H,17,19). The summed E-state index contributed by atoms with van der Waals surface area (Å²) in [5, 5.41) is 5.71. The van der Waals surface area contributed by atoms with Crippen molar-refractivity contribution in [1.82, 2.24) is 5.32 Å². The highest BCUT2D eigenvalue weighted by molar-refractivity contribution is 5.94. The van der Waals surface area contributed by atoms with E-state index in [1.54, 1.807) is 0 Å². The molecule has 2 amide bonds. The van der Waals surface area contributed by atoms with Crippen molar-refractivity contribution in [3.05, 3.63) is 29.3 Å². The number of carbonyl (C=O) groups is 2. The quantitative estimate of drug-likeness (QED) is 0.847. The van der Waals surface area contributed by atoms with Crippen molar-refractivity contribution < 1.29 is 9.59 Å². The van der Waals surface area contributed by atoms with E-state index in [-0.39, 0.29) is 17.7 Å². The molecule has 1 saturated heterocycles. The summed E-state index contributed by atoms with van der Waals surface area (Å²) < 4.78 is 0. The van der Waals surface area contributed by atoms with Gasteiger partial charge in [0, 0.05) is 18.7 Å². The van der Waals surface area contributed by atoms with E-state index in [2.05, 4.69) is 22.8 Å². The highest BCUT2D eigenvalue weighted by atomic mass is 16.2. The molecule has 3 rings (SSSR count). The molecule has 4 nitrogen and oxygen atoms in total. The summed E-state index contributed by atoms with van der Waals surface area (Å²) in [7, 11) is 0. The van der Waals surface area contributed by atoms with Crippen LogP contribution in [0.3, 0.4) is 0 Å². The number of fused-ring (bicyclic) bond motifs is 1. The molecule has 1 aliphatic carbocycles. The summed E-state index contributed by atoms with van der Waals surface area (Å²) in [6.45, 7) is 0.454. The largest absolute Gasteiger partial charge is 0.355 e. The molecule has 1 fully saturated rings. The molecule has 2 aliphatic rings. The predicted molar refractivity (Wildman–Crippen MR) is 72.8 cm³/mol. The van der Waals surface area contributed by atoms with E-state index < -0.39 is 0 Å². The van der Waals surface area contributed by atoms with Crippen molar-refractivity contribution in [3.8, 4) is 0 Å². The molecule has 19 heavy (non-hydrogen) atoms. The van der Waals surface area contributed by atoms with Gasteiger partial charge in [-0.1, -0.05) is 6.07 Å². The maximum atomic E-state index is 12.1. The fourth-order valence-corrected chi connectivity index (χ4v) is 2.85. The summed E-state index contributed by atoms with van der Waals surface area (Å²) in [6, 6.07) is 6.17. The van der Waals surface area contributed by atoms with Gasteiger partial charge in [-0.3, -0.25) is 9.59 Å². The van der Waals surface area contributed by atoms with Crippen molar-refractivity contribution in [3.63, 3.8) is 0 Å². The maximum absolute atomic E-state index is 12.1. The first-order chi connectivity index (χ1) is 9.22. The van der Waals surface area contributed by atoms with Gasteiger partial charge in [0.2, 0.25) is 11.8 Å². The molecule has 1 aromatic carbocycles. The summed E-state index contributed by atoms with van der Waals surface area (Å²) in [4.78, 5) is 23.2. The van der Waals surface area contributed by atoms with Crippen molar-refractivity contribution in [2.24, 2.45) is 5.92 Å². The fourth-order valence-electron chi connectivity index (χ4n) is 2.85. The summed E-state index contributed by atoms with van der Waals surface area (Å²) in [5.41, 5.74) is 3.64. The number of hydrogen-bond acceptors (Lipinski definition) is 2. The Morgan fingerprint density at radius 1 is 1.21 bits per heavy atom. The summed E-state index contributed by atoms with van der Waals surface area (Å²) >= 11 is 0. The number of hydrogen-bond donors (Lipinski definition) is 2. The first kappa shape index (κ1) is 12.2. The molecule has 1 atom stereocenters. The van der Waals surface area contributed by atoms with Crippen LogP contribution < -0.4 is 10.6 Å². The third-order valence-corrected chi connectivity index (χ3v) is 4.00. The Labute approximate surface area is 112 Å². The number of carbonyl (C=O) groups excluding carboxylic acids is 2. The Morgan fingerprint density at radius 2 is 2.05 bits per heavy atom. The first-order valence-corrected chi connectivity index (χ1v) is 6.92. The monoisotopic (exact) mass is 258 g/mol. The van der Waals surface area contributed by atoms with E-state index in [1.807, 2.05) is 6.07 Å². The Kier molecular flexibility index (Phi) is 3.23. The van der Waals surface area contributed by atoms with Gasteiger partial charge in [-0.2, -0.15) is 0 Å². The molecule has 0 spiro atoms. The highest BCUT2D eigenvalue weighted by Gasteiger charge is 2.24. The van der Waals surface area contributed by atoms with Crippen LogP contribution in [0.5, 0.6) is 0 Å². The summed E-state index contributed by atoms with van der Waals surface area (Å²) in [5.74, 6) is -0.0505. The van der Waals surface area contributed by atoms with Gasteiger partial charge < -0.3 is 10.6 Å². The highest BCUT2D eigenvalue weighted by Crippen LogP contribution is 2.25. The van der Waals surface area contributed by atoms with Crippen LogP contribution in [0.2, 0.25) is 0 Å². The number of nitrogens with one attached hydrogen (secondary N) is 2. The van der Waals surface area contributed by atoms with Gasteiger partial charge in [-0.05, 0) is 48.9 Å². The van der Waals surface area contributed by atoms with E-state index in [0.29, 0.717) is 19.4 Å². The van der Waals surface area contributed by atoms with Crippen LogP contribution in [-0.4, -0.2) is 18.4 Å². The average Bonchev–Trinajstić information content (AvgIpc) is 2.87. The SMILES string of the molecule is O=C1CCC(C(=O)Nc2ccc3c(c2)CCC3)CN1. The van der Waals surface area contributed by atoms with Gasteiger partial charge >= 0.3 is 0 Å². The Morgan fingerprint density at radius 3 is 2.84 bits per heavy atom. The molecule has 1 aromatic rings. The minimum atomic E-state index is -0.106. The topological polar surface area (TPSA) is 58.2 Å². The molecule has 4 heteroatoms. The van der Waals surface area contributed by atoms with E-state index in [4.69, 9.17) is 0 Å². The smallest absolute Gasteiger partial charge is 0.229 e. The number of aryl methyl sites for hydroxylation is 2. The molecular formula is C15H18N2O2. The number of piperidine rings is 1. The second-order valence-corrected chi connectivity index (χ2v) is 5.37. The van der Waals surface area contributed by atoms with Crippen molar-refractivity contribution in [2.45, 2.75) is 32.1 Å². The van der Waals surface area contributed by atoms with Crippen LogP contribution in [0.4, 0.5) is 5.69 Å². The third kappa shape index (κ3) is 2.62. The molecule has 100 valence electrons. The second kappa shape index (κ2) is 5.03. The zero-order chi connectivity index (χ0) is 13.2. The predicted octanol–water partition coefficient (Wildman–Crippen LogP) is 1.64. The van der Waals surface area contributed by atoms with Gasteiger partial charge in [0.1, 0.15) is 0 Å². The van der Waals surface area contributed by atoms with Crippen LogP contribution in [0, 0.1) is 5.92 Å².